The van der Waals surface area contributed by atoms with Gasteiger partial charge in [-0.3, -0.25) is 5.10 Å². The van der Waals surface area contributed by atoms with Crippen molar-refractivity contribution in [3.63, 3.8) is 0 Å². The van der Waals surface area contributed by atoms with Gasteiger partial charge in [0.2, 0.25) is 0 Å². The number of H-pyrrole nitrogens is 1. The molecule has 0 aromatic carbocycles. The average Bonchev–Trinajstić information content (AvgIpc) is 3.45. The van der Waals surface area contributed by atoms with Gasteiger partial charge in [0.15, 0.2) is 0 Å². The first-order valence-electron chi connectivity index (χ1n) is 15.4. The summed E-state index contributed by atoms with van der Waals surface area (Å²) in [6.07, 6.45) is 23.1. The van der Waals surface area contributed by atoms with Crippen LogP contribution < -0.4 is 5.32 Å². The predicted molar refractivity (Wildman–Crippen MR) is 175 cm³/mol. The van der Waals surface area contributed by atoms with Gasteiger partial charge in [-0.05, 0) is 82.8 Å². The number of rotatable bonds is 17. The van der Waals surface area contributed by atoms with Gasteiger partial charge in [-0.2, -0.15) is 5.10 Å². The molecule has 228 valence electrons. The van der Waals surface area contributed by atoms with Gasteiger partial charge in [0.25, 0.3) is 0 Å². The molecule has 1 fully saturated rings. The summed E-state index contributed by atoms with van der Waals surface area (Å²) in [4.78, 5) is 0. The molecule has 0 atom stereocenters. The van der Waals surface area contributed by atoms with Crippen LogP contribution in [0.15, 0.2) is 82.6 Å². The Balaban J connectivity index is 0.00000104. The second kappa shape index (κ2) is 21.6. The Morgan fingerprint density at radius 2 is 1.78 bits per heavy atom. The van der Waals surface area contributed by atoms with Crippen molar-refractivity contribution in [1.82, 2.24) is 15.5 Å². The zero-order valence-corrected chi connectivity index (χ0v) is 27.0. The molecular formula is C35H56N4O2. The van der Waals surface area contributed by atoms with E-state index in [0.717, 1.165) is 84.1 Å². The fourth-order valence-corrected chi connectivity index (χ4v) is 4.32. The summed E-state index contributed by atoms with van der Waals surface area (Å²) in [7, 11) is 0. The fraction of sp³-hybridized carbons (Fsp3) is 0.543. The fourth-order valence-electron chi connectivity index (χ4n) is 4.32. The summed E-state index contributed by atoms with van der Waals surface area (Å²) in [5, 5.41) is 18.9. The third-order valence-electron chi connectivity index (χ3n) is 6.72. The first-order chi connectivity index (χ1) is 19.8. The SMILES string of the molecule is CCCC1COC1.C\C=C/C=C(C(=C\CCC)\OCC)/C(C)=C/C(NCc1cn[nH]c1)=C(C)\C(=C\CCC)C(C)=N. The smallest absolute Gasteiger partial charge is 0.122 e. The lowest BCUT2D eigenvalue weighted by atomic mass is 9.96. The van der Waals surface area contributed by atoms with Gasteiger partial charge in [-0.1, -0.05) is 64.3 Å². The van der Waals surface area contributed by atoms with Gasteiger partial charge in [0.05, 0.1) is 26.0 Å². The van der Waals surface area contributed by atoms with Crippen LogP contribution in [-0.2, 0) is 16.0 Å². The van der Waals surface area contributed by atoms with Gasteiger partial charge in [-0.15, -0.1) is 0 Å². The zero-order valence-electron chi connectivity index (χ0n) is 27.0. The molecule has 2 rings (SSSR count). The van der Waals surface area contributed by atoms with Crippen molar-refractivity contribution < 1.29 is 9.47 Å². The van der Waals surface area contributed by atoms with E-state index < -0.39 is 0 Å². The number of aromatic amines is 1. The highest BCUT2D eigenvalue weighted by atomic mass is 16.5. The molecule has 1 aromatic heterocycles. The number of allylic oxidation sites excluding steroid dienone is 9. The molecule has 6 nitrogen and oxygen atoms in total. The Morgan fingerprint density at radius 1 is 1.07 bits per heavy atom. The van der Waals surface area contributed by atoms with Crippen LogP contribution in [0.2, 0.25) is 0 Å². The van der Waals surface area contributed by atoms with Gasteiger partial charge < -0.3 is 20.2 Å². The van der Waals surface area contributed by atoms with Crippen LogP contribution >= 0.6 is 0 Å². The average molecular weight is 565 g/mol. The number of hydrogen-bond acceptors (Lipinski definition) is 5. The molecular weight excluding hydrogens is 508 g/mol. The van der Waals surface area contributed by atoms with E-state index in [1.165, 1.54) is 12.8 Å². The normalized spacial score (nSPS) is 15.7. The van der Waals surface area contributed by atoms with E-state index in [9.17, 15) is 0 Å². The van der Waals surface area contributed by atoms with E-state index in [-0.39, 0.29) is 0 Å². The number of unbranched alkanes of at least 4 members (excludes halogenated alkanes) is 2. The van der Waals surface area contributed by atoms with Crippen molar-refractivity contribution in [2.75, 3.05) is 19.8 Å². The molecule has 0 radical (unpaired) electrons. The summed E-state index contributed by atoms with van der Waals surface area (Å²) in [6.45, 7) is 20.0. The molecule has 3 N–H and O–H groups in total. The van der Waals surface area contributed by atoms with Crippen LogP contribution in [-0.4, -0.2) is 35.7 Å². The van der Waals surface area contributed by atoms with Gasteiger partial charge >= 0.3 is 0 Å². The molecule has 6 heteroatoms. The number of nitrogens with zero attached hydrogens (tertiary/aromatic N) is 1. The van der Waals surface area contributed by atoms with Crippen LogP contribution in [0.3, 0.4) is 0 Å². The van der Waals surface area contributed by atoms with Crippen molar-refractivity contribution in [2.24, 2.45) is 5.92 Å². The van der Waals surface area contributed by atoms with Crippen molar-refractivity contribution in [3.05, 3.63) is 88.2 Å². The Morgan fingerprint density at radius 3 is 2.27 bits per heavy atom. The Hall–Kier alpha value is -3.12. The molecule has 0 aliphatic carbocycles. The first kappa shape index (κ1) is 35.9. The van der Waals surface area contributed by atoms with Crippen LogP contribution in [0.1, 0.15) is 99.5 Å². The summed E-state index contributed by atoms with van der Waals surface area (Å²) >= 11 is 0. The molecule has 1 saturated heterocycles. The third kappa shape index (κ3) is 13.9. The zero-order chi connectivity index (χ0) is 30.5. The molecule has 0 unspecified atom stereocenters. The maximum Gasteiger partial charge on any atom is 0.122 e. The number of ether oxygens (including phenoxy) is 2. The van der Waals surface area contributed by atoms with Crippen LogP contribution in [0, 0.1) is 11.3 Å². The van der Waals surface area contributed by atoms with Gasteiger partial charge in [-0.25, -0.2) is 0 Å². The molecule has 0 saturated carbocycles. The monoisotopic (exact) mass is 564 g/mol. The standard InChI is InChI=1S/C29H44N4O.C6H12O/c1-8-12-15-26(29(34-11-4)17-14-10-3)22(5)18-28(31-19-25-20-32-33-21-25)23(6)27(24(7)30)16-13-9-2;1-2-3-6-4-7-5-6/h8,12,15-18,20-21,30-31H,9-11,13-14,19H2,1-7H3,(H,32,33);6H,2-5H2,1H3/b12-8-,22-18+,26-15-,27-16-,28-23+,29-17-,30-24?;. The van der Waals surface area contributed by atoms with Crippen molar-refractivity contribution in [2.45, 2.75) is 100 Å². The predicted octanol–water partition coefficient (Wildman–Crippen LogP) is 9.14. The molecule has 1 aliphatic heterocycles. The van der Waals surface area contributed by atoms with Gasteiger partial charge in [0, 0.05) is 41.2 Å². The number of aromatic nitrogens is 2. The lowest BCUT2D eigenvalue weighted by Crippen LogP contribution is -2.26. The molecule has 1 aromatic rings. The minimum absolute atomic E-state index is 0.571. The third-order valence-corrected chi connectivity index (χ3v) is 6.72. The van der Waals surface area contributed by atoms with Crippen LogP contribution in [0.25, 0.3) is 0 Å². The molecule has 1 aliphatic rings. The Labute approximate surface area is 250 Å². The highest BCUT2D eigenvalue weighted by Gasteiger charge is 2.16. The Bertz CT molecular complexity index is 1070. The molecule has 0 bridgehead atoms. The highest BCUT2D eigenvalue weighted by molar-refractivity contribution is 6.00. The van der Waals surface area contributed by atoms with E-state index in [0.29, 0.717) is 18.9 Å². The first-order valence-corrected chi connectivity index (χ1v) is 15.4. The van der Waals surface area contributed by atoms with Crippen LogP contribution in [0.5, 0.6) is 0 Å². The van der Waals surface area contributed by atoms with E-state index in [2.05, 4.69) is 80.5 Å². The number of nitrogens with one attached hydrogen (secondary N) is 3. The minimum atomic E-state index is 0.571. The van der Waals surface area contributed by atoms with Crippen molar-refractivity contribution >= 4 is 5.71 Å². The lowest BCUT2D eigenvalue weighted by Gasteiger charge is -2.24. The lowest BCUT2D eigenvalue weighted by molar-refractivity contribution is -0.0356. The second-order valence-electron chi connectivity index (χ2n) is 10.4. The Kier molecular flexibility index (Phi) is 18.9. The molecule has 0 spiro atoms. The van der Waals surface area contributed by atoms with Crippen LogP contribution in [0.4, 0.5) is 0 Å². The maximum absolute atomic E-state index is 8.37. The highest BCUT2D eigenvalue weighted by Crippen LogP contribution is 2.25. The molecule has 2 heterocycles. The van der Waals surface area contributed by atoms with Crippen molar-refractivity contribution in [3.8, 4) is 0 Å². The van der Waals surface area contributed by atoms with Gasteiger partial charge in [0.1, 0.15) is 5.76 Å². The van der Waals surface area contributed by atoms with E-state index in [4.69, 9.17) is 14.9 Å². The topological polar surface area (TPSA) is 83.0 Å². The summed E-state index contributed by atoms with van der Waals surface area (Å²) in [6, 6.07) is 0. The van der Waals surface area contributed by atoms with E-state index in [1.54, 1.807) is 0 Å². The van der Waals surface area contributed by atoms with Crippen molar-refractivity contribution in [1.29, 1.82) is 5.41 Å². The number of hydrogen-bond donors (Lipinski definition) is 3. The quantitative estimate of drug-likeness (QED) is 0.100. The van der Waals surface area contributed by atoms with E-state index >= 15 is 0 Å². The summed E-state index contributed by atoms with van der Waals surface area (Å²) in [5.41, 5.74) is 6.84. The molecule has 0 amide bonds. The summed E-state index contributed by atoms with van der Waals surface area (Å²) < 4.78 is 11.0. The largest absolute Gasteiger partial charge is 0.494 e. The summed E-state index contributed by atoms with van der Waals surface area (Å²) in [5.74, 6) is 1.82. The minimum Gasteiger partial charge on any atom is -0.494 e. The second-order valence-corrected chi connectivity index (χ2v) is 10.4. The maximum atomic E-state index is 8.37. The van der Waals surface area contributed by atoms with E-state index in [1.807, 2.05) is 39.2 Å². The molecule has 41 heavy (non-hydrogen) atoms.